The predicted octanol–water partition coefficient (Wildman–Crippen LogP) is 0.875. The van der Waals surface area contributed by atoms with Crippen molar-refractivity contribution in [3.05, 3.63) is 46.6 Å². The van der Waals surface area contributed by atoms with Gasteiger partial charge >= 0.3 is 5.76 Å². The Morgan fingerprint density at radius 2 is 1.96 bits per heavy atom. The SMILES string of the molecule is CNS(=O)(=O)c1ccc(C(=O)Nc2ccc3oc(=O)[nH]c3c2)o1. The van der Waals surface area contributed by atoms with Crippen LogP contribution < -0.4 is 15.8 Å². The van der Waals surface area contributed by atoms with Gasteiger partial charge in [-0.2, -0.15) is 0 Å². The Balaban J connectivity index is 1.84. The van der Waals surface area contributed by atoms with E-state index in [0.29, 0.717) is 16.8 Å². The number of nitrogens with one attached hydrogen (secondary N) is 3. The minimum absolute atomic E-state index is 0.167. The molecule has 10 heteroatoms. The van der Waals surface area contributed by atoms with Crippen LogP contribution in [-0.4, -0.2) is 26.4 Å². The van der Waals surface area contributed by atoms with E-state index in [9.17, 15) is 18.0 Å². The summed E-state index contributed by atoms with van der Waals surface area (Å²) in [6.07, 6.45) is 0. The molecule has 0 aliphatic heterocycles. The van der Waals surface area contributed by atoms with Crippen LogP contribution in [0.5, 0.6) is 0 Å². The van der Waals surface area contributed by atoms with Gasteiger partial charge in [0.1, 0.15) is 0 Å². The molecule has 2 heterocycles. The zero-order chi connectivity index (χ0) is 16.6. The van der Waals surface area contributed by atoms with Gasteiger partial charge in [0.25, 0.3) is 15.9 Å². The number of rotatable bonds is 4. The van der Waals surface area contributed by atoms with Gasteiger partial charge in [0.05, 0.1) is 5.52 Å². The van der Waals surface area contributed by atoms with Crippen LogP contribution >= 0.6 is 0 Å². The van der Waals surface area contributed by atoms with E-state index in [1.807, 2.05) is 0 Å². The van der Waals surface area contributed by atoms with Crippen LogP contribution in [0, 0.1) is 0 Å². The minimum atomic E-state index is -3.76. The number of fused-ring (bicyclic) bond motifs is 1. The van der Waals surface area contributed by atoms with Crippen molar-refractivity contribution in [2.24, 2.45) is 0 Å². The van der Waals surface area contributed by atoms with Crippen LogP contribution in [-0.2, 0) is 10.0 Å². The molecule has 0 atom stereocenters. The predicted molar refractivity (Wildman–Crippen MR) is 79.7 cm³/mol. The fraction of sp³-hybridized carbons (Fsp3) is 0.0769. The summed E-state index contributed by atoms with van der Waals surface area (Å²) in [5.41, 5.74) is 1.16. The smallest absolute Gasteiger partial charge is 0.417 e. The van der Waals surface area contributed by atoms with Crippen molar-refractivity contribution >= 4 is 32.7 Å². The molecule has 0 saturated carbocycles. The van der Waals surface area contributed by atoms with Gasteiger partial charge in [-0.25, -0.2) is 17.9 Å². The van der Waals surface area contributed by atoms with Gasteiger partial charge in [0.2, 0.25) is 5.09 Å². The Hall–Kier alpha value is -2.85. The van der Waals surface area contributed by atoms with Crippen molar-refractivity contribution in [3.8, 4) is 0 Å². The van der Waals surface area contributed by atoms with E-state index in [-0.39, 0.29) is 10.9 Å². The molecule has 0 saturated heterocycles. The average molecular weight is 337 g/mol. The van der Waals surface area contributed by atoms with Crippen LogP contribution in [0.3, 0.4) is 0 Å². The first kappa shape index (κ1) is 15.1. The molecule has 23 heavy (non-hydrogen) atoms. The molecule has 0 bridgehead atoms. The molecule has 3 N–H and O–H groups in total. The molecule has 0 fully saturated rings. The molecule has 0 aliphatic rings. The standard InChI is InChI=1S/C13H11N3O6S/c1-14-23(19,20)11-5-4-10(21-11)12(17)15-7-2-3-9-8(6-7)16-13(18)22-9/h2-6,14H,1H3,(H,15,17)(H,16,18). The molecule has 2 aromatic heterocycles. The van der Waals surface area contributed by atoms with Gasteiger partial charge in [-0.05, 0) is 37.4 Å². The third kappa shape index (κ3) is 2.89. The van der Waals surface area contributed by atoms with Crippen LogP contribution in [0.2, 0.25) is 0 Å². The van der Waals surface area contributed by atoms with Crippen LogP contribution in [0.25, 0.3) is 11.1 Å². The summed E-state index contributed by atoms with van der Waals surface area (Å²) in [5.74, 6) is -1.40. The number of carbonyl (C=O) groups is 1. The maximum Gasteiger partial charge on any atom is 0.417 e. The molecule has 9 nitrogen and oxygen atoms in total. The summed E-state index contributed by atoms with van der Waals surface area (Å²) in [4.78, 5) is 25.6. The van der Waals surface area contributed by atoms with Crippen molar-refractivity contribution in [2.75, 3.05) is 12.4 Å². The Bertz CT molecular complexity index is 1040. The molecule has 0 aliphatic carbocycles. The van der Waals surface area contributed by atoms with Crippen molar-refractivity contribution in [3.63, 3.8) is 0 Å². The molecule has 0 spiro atoms. The monoisotopic (exact) mass is 337 g/mol. The van der Waals surface area contributed by atoms with Gasteiger partial charge in [-0.1, -0.05) is 0 Å². The number of benzene rings is 1. The maximum absolute atomic E-state index is 12.1. The summed E-state index contributed by atoms with van der Waals surface area (Å²) >= 11 is 0. The van der Waals surface area contributed by atoms with E-state index >= 15 is 0 Å². The first-order valence-electron chi connectivity index (χ1n) is 6.37. The van der Waals surface area contributed by atoms with Crippen LogP contribution in [0.4, 0.5) is 5.69 Å². The van der Waals surface area contributed by atoms with E-state index in [0.717, 1.165) is 0 Å². The highest BCUT2D eigenvalue weighted by molar-refractivity contribution is 7.89. The third-order valence-corrected chi connectivity index (χ3v) is 4.30. The molecule has 3 aromatic rings. The van der Waals surface area contributed by atoms with E-state index in [1.165, 1.54) is 37.4 Å². The van der Waals surface area contributed by atoms with Crippen LogP contribution in [0.1, 0.15) is 10.6 Å². The van der Waals surface area contributed by atoms with E-state index in [2.05, 4.69) is 15.0 Å². The Kier molecular flexibility index (Phi) is 3.54. The third-order valence-electron chi connectivity index (χ3n) is 3.02. The normalized spacial score (nSPS) is 11.7. The Labute approximate surface area is 129 Å². The topological polar surface area (TPSA) is 134 Å². The first-order chi connectivity index (χ1) is 10.9. The van der Waals surface area contributed by atoms with Crippen LogP contribution in [0.15, 0.2) is 49.1 Å². The van der Waals surface area contributed by atoms with E-state index in [1.54, 1.807) is 0 Å². The quantitative estimate of drug-likeness (QED) is 0.647. The summed E-state index contributed by atoms with van der Waals surface area (Å²) in [7, 11) is -2.52. The lowest BCUT2D eigenvalue weighted by molar-refractivity contribution is 0.0991. The Morgan fingerprint density at radius 3 is 2.70 bits per heavy atom. The molecule has 1 aromatic carbocycles. The first-order valence-corrected chi connectivity index (χ1v) is 7.85. The number of amides is 1. The van der Waals surface area contributed by atoms with Crippen molar-refractivity contribution < 1.29 is 22.0 Å². The lowest BCUT2D eigenvalue weighted by atomic mass is 10.3. The van der Waals surface area contributed by atoms with Gasteiger partial charge in [0.15, 0.2) is 11.3 Å². The zero-order valence-corrected chi connectivity index (χ0v) is 12.6. The van der Waals surface area contributed by atoms with Crippen molar-refractivity contribution in [1.82, 2.24) is 9.71 Å². The fourth-order valence-corrected chi connectivity index (χ4v) is 2.56. The highest BCUT2D eigenvalue weighted by Crippen LogP contribution is 2.18. The molecular formula is C13H11N3O6S. The number of aromatic amines is 1. The second-order valence-electron chi connectivity index (χ2n) is 4.51. The second-order valence-corrected chi connectivity index (χ2v) is 6.32. The summed E-state index contributed by atoms with van der Waals surface area (Å²) in [6.45, 7) is 0. The number of sulfonamides is 1. The van der Waals surface area contributed by atoms with Crippen molar-refractivity contribution in [1.29, 1.82) is 0 Å². The molecule has 0 unspecified atom stereocenters. The number of furan rings is 1. The molecule has 3 rings (SSSR count). The average Bonchev–Trinajstić information content (AvgIpc) is 3.12. The van der Waals surface area contributed by atoms with Gasteiger partial charge in [0, 0.05) is 5.69 Å². The number of aromatic nitrogens is 1. The largest absolute Gasteiger partial charge is 0.438 e. The van der Waals surface area contributed by atoms with E-state index in [4.69, 9.17) is 8.83 Å². The molecule has 0 radical (unpaired) electrons. The number of hydrogen-bond donors (Lipinski definition) is 3. The number of anilines is 1. The second kappa shape index (κ2) is 5.41. The number of carbonyl (C=O) groups excluding carboxylic acids is 1. The molecule has 1 amide bonds. The van der Waals surface area contributed by atoms with Gasteiger partial charge in [-0.15, -0.1) is 0 Å². The maximum atomic E-state index is 12.1. The zero-order valence-electron chi connectivity index (χ0n) is 11.7. The fourth-order valence-electron chi connectivity index (χ4n) is 1.91. The number of H-pyrrole nitrogens is 1. The Morgan fingerprint density at radius 1 is 1.17 bits per heavy atom. The number of oxazole rings is 1. The summed E-state index contributed by atoms with van der Waals surface area (Å²) in [5, 5.41) is 2.17. The molecular weight excluding hydrogens is 326 g/mol. The lowest BCUT2D eigenvalue weighted by Gasteiger charge is -2.02. The molecule has 120 valence electrons. The van der Waals surface area contributed by atoms with E-state index < -0.39 is 21.7 Å². The lowest BCUT2D eigenvalue weighted by Crippen LogP contribution is -2.18. The minimum Gasteiger partial charge on any atom is -0.438 e. The summed E-state index contributed by atoms with van der Waals surface area (Å²) in [6, 6.07) is 6.98. The van der Waals surface area contributed by atoms with Crippen molar-refractivity contribution in [2.45, 2.75) is 5.09 Å². The van der Waals surface area contributed by atoms with Gasteiger partial charge < -0.3 is 14.2 Å². The number of hydrogen-bond acceptors (Lipinski definition) is 6. The highest BCUT2D eigenvalue weighted by Gasteiger charge is 2.19. The highest BCUT2D eigenvalue weighted by atomic mass is 32.2. The van der Waals surface area contributed by atoms with Gasteiger partial charge in [-0.3, -0.25) is 9.78 Å². The summed E-state index contributed by atoms with van der Waals surface area (Å²) < 4.78 is 35.1.